The topological polar surface area (TPSA) is 104 Å². The average molecular weight is 245 g/mol. The summed E-state index contributed by atoms with van der Waals surface area (Å²) in [7, 11) is -4.45. The van der Waals surface area contributed by atoms with E-state index in [-0.39, 0.29) is 0 Å². The third kappa shape index (κ3) is 2.93. The molecule has 1 aromatic heterocycles. The molecular weight excluding hydrogens is 233 g/mol. The van der Waals surface area contributed by atoms with Gasteiger partial charge >= 0.3 is 7.82 Å². The number of anilines is 2. The van der Waals surface area contributed by atoms with Crippen molar-refractivity contribution in [1.82, 2.24) is 4.98 Å². The molecular formula is C8H12N3O4P. The zero-order chi connectivity index (χ0) is 11.6. The Morgan fingerprint density at radius 2 is 2.19 bits per heavy atom. The minimum atomic E-state index is -4.45. The van der Waals surface area contributed by atoms with Crippen molar-refractivity contribution in [2.24, 2.45) is 0 Å². The molecule has 1 aromatic rings. The summed E-state index contributed by atoms with van der Waals surface area (Å²) in [4.78, 5) is 21.5. The van der Waals surface area contributed by atoms with Crippen LogP contribution in [0, 0.1) is 0 Å². The number of phosphoric ester groups is 1. The Labute approximate surface area is 92.1 Å². The lowest BCUT2D eigenvalue weighted by atomic mass is 10.3. The van der Waals surface area contributed by atoms with Gasteiger partial charge in [-0.15, -0.1) is 0 Å². The smallest absolute Gasteiger partial charge is 0.379 e. The maximum Gasteiger partial charge on any atom is 0.469 e. The number of rotatable bonds is 2. The normalized spacial score (nSPS) is 20.2. The highest BCUT2D eigenvalue weighted by Gasteiger charge is 2.24. The van der Waals surface area contributed by atoms with Gasteiger partial charge in [0.1, 0.15) is 11.9 Å². The van der Waals surface area contributed by atoms with E-state index >= 15 is 0 Å². The van der Waals surface area contributed by atoms with Crippen LogP contribution in [0.4, 0.5) is 11.5 Å². The van der Waals surface area contributed by atoms with E-state index < -0.39 is 13.9 Å². The van der Waals surface area contributed by atoms with Crippen LogP contribution in [0.2, 0.25) is 0 Å². The fraction of sp³-hybridized carbons (Fsp3) is 0.375. The molecule has 8 heteroatoms. The second-order valence-electron chi connectivity index (χ2n) is 3.38. The maximum absolute atomic E-state index is 10.7. The first-order valence-corrected chi connectivity index (χ1v) is 6.24. The zero-order valence-corrected chi connectivity index (χ0v) is 9.22. The van der Waals surface area contributed by atoms with Gasteiger partial charge in [-0.2, -0.15) is 0 Å². The largest absolute Gasteiger partial charge is 0.469 e. The molecule has 0 aliphatic carbocycles. The molecule has 0 aromatic carbocycles. The minimum Gasteiger partial charge on any atom is -0.379 e. The third-order valence-electron chi connectivity index (χ3n) is 2.11. The molecule has 1 aliphatic rings. The summed E-state index contributed by atoms with van der Waals surface area (Å²) in [5.74, 6) is 0.652. The quantitative estimate of drug-likeness (QED) is 0.559. The Hall–Kier alpha value is -1.14. The fourth-order valence-electron chi connectivity index (χ4n) is 1.46. The van der Waals surface area contributed by atoms with Gasteiger partial charge in [-0.3, -0.25) is 4.52 Å². The lowest BCUT2D eigenvalue weighted by Crippen LogP contribution is -2.27. The van der Waals surface area contributed by atoms with Gasteiger partial charge in [0.05, 0.1) is 5.69 Å². The van der Waals surface area contributed by atoms with E-state index in [1.807, 2.05) is 6.07 Å². The van der Waals surface area contributed by atoms with Gasteiger partial charge in [-0.1, -0.05) is 0 Å². The van der Waals surface area contributed by atoms with E-state index in [2.05, 4.69) is 20.1 Å². The molecule has 0 saturated carbocycles. The Balaban J connectivity index is 2.05. The summed E-state index contributed by atoms with van der Waals surface area (Å²) in [6, 6.07) is 3.60. The van der Waals surface area contributed by atoms with Crippen molar-refractivity contribution in [2.45, 2.75) is 6.10 Å². The maximum atomic E-state index is 10.7. The number of aromatic nitrogens is 1. The molecule has 1 atom stereocenters. The molecule has 0 spiro atoms. The first-order valence-electron chi connectivity index (χ1n) is 4.71. The Morgan fingerprint density at radius 1 is 1.44 bits per heavy atom. The van der Waals surface area contributed by atoms with Crippen molar-refractivity contribution < 1.29 is 18.9 Å². The van der Waals surface area contributed by atoms with Crippen LogP contribution in [0.5, 0.6) is 0 Å². The van der Waals surface area contributed by atoms with Gasteiger partial charge in [0, 0.05) is 19.3 Å². The van der Waals surface area contributed by atoms with E-state index in [9.17, 15) is 4.57 Å². The minimum absolute atomic E-state index is 0.294. The van der Waals surface area contributed by atoms with Crippen molar-refractivity contribution >= 4 is 19.3 Å². The SMILES string of the molecule is O=P(O)(O)OC1CNc2cccnc2NC1. The Morgan fingerprint density at radius 3 is 2.94 bits per heavy atom. The fourth-order valence-corrected chi connectivity index (χ4v) is 2.00. The van der Waals surface area contributed by atoms with Crippen molar-refractivity contribution in [3.63, 3.8) is 0 Å². The van der Waals surface area contributed by atoms with Gasteiger partial charge in [-0.25, -0.2) is 9.55 Å². The van der Waals surface area contributed by atoms with E-state index in [1.165, 1.54) is 0 Å². The van der Waals surface area contributed by atoms with Gasteiger partial charge in [-0.05, 0) is 12.1 Å². The summed E-state index contributed by atoms with van der Waals surface area (Å²) in [6.07, 6.45) is 1.03. The summed E-state index contributed by atoms with van der Waals surface area (Å²) < 4.78 is 15.3. The lowest BCUT2D eigenvalue weighted by Gasteiger charge is -2.15. The first-order chi connectivity index (χ1) is 7.54. The third-order valence-corrected chi connectivity index (χ3v) is 2.68. The van der Waals surface area contributed by atoms with Crippen LogP contribution >= 0.6 is 7.82 Å². The standard InChI is InChI=1S/C8H12N3O4P/c12-16(13,14)15-6-4-10-7-2-1-3-9-8(7)11-5-6/h1-3,6,10H,4-5H2,(H,9,11)(H2,12,13,14). The Bertz CT molecular complexity index is 394. The number of pyridine rings is 1. The molecule has 4 N–H and O–H groups in total. The highest BCUT2D eigenvalue weighted by molar-refractivity contribution is 7.46. The zero-order valence-electron chi connectivity index (χ0n) is 8.33. The highest BCUT2D eigenvalue weighted by Crippen LogP contribution is 2.38. The summed E-state index contributed by atoms with van der Waals surface area (Å²) in [5.41, 5.74) is 0.791. The van der Waals surface area contributed by atoms with Crippen molar-refractivity contribution in [1.29, 1.82) is 0 Å². The number of nitrogens with zero attached hydrogens (tertiary/aromatic N) is 1. The second kappa shape index (κ2) is 4.39. The summed E-state index contributed by atoms with van der Waals surface area (Å²) >= 11 is 0. The number of phosphoric acid groups is 1. The van der Waals surface area contributed by atoms with Crippen LogP contribution in [0.15, 0.2) is 18.3 Å². The number of fused-ring (bicyclic) bond motifs is 1. The van der Waals surface area contributed by atoms with Crippen molar-refractivity contribution in [2.75, 3.05) is 23.7 Å². The molecule has 7 nitrogen and oxygen atoms in total. The first kappa shape index (κ1) is 11.3. The molecule has 1 aliphatic heterocycles. The molecule has 0 saturated heterocycles. The van der Waals surface area contributed by atoms with E-state index in [0.29, 0.717) is 18.9 Å². The summed E-state index contributed by atoms with van der Waals surface area (Å²) in [5, 5.41) is 5.96. The van der Waals surface area contributed by atoms with E-state index in [1.54, 1.807) is 12.3 Å². The number of hydrogen-bond acceptors (Lipinski definition) is 5. The average Bonchev–Trinajstić information content (AvgIpc) is 2.39. The van der Waals surface area contributed by atoms with Crippen LogP contribution in [0.3, 0.4) is 0 Å². The van der Waals surface area contributed by atoms with Crippen molar-refractivity contribution in [3.8, 4) is 0 Å². The lowest BCUT2D eigenvalue weighted by molar-refractivity contribution is 0.149. The van der Waals surface area contributed by atoms with Gasteiger partial charge in [0.15, 0.2) is 0 Å². The predicted molar refractivity (Wildman–Crippen MR) is 58.1 cm³/mol. The monoisotopic (exact) mass is 245 g/mol. The van der Waals surface area contributed by atoms with Gasteiger partial charge in [0.25, 0.3) is 0 Å². The molecule has 0 fully saturated rings. The van der Waals surface area contributed by atoms with Crippen LogP contribution in [-0.4, -0.2) is 34.0 Å². The van der Waals surface area contributed by atoms with Gasteiger partial charge in [0.2, 0.25) is 0 Å². The Kier molecular flexibility index (Phi) is 3.11. The molecule has 1 unspecified atom stereocenters. The number of hydrogen-bond donors (Lipinski definition) is 4. The second-order valence-corrected chi connectivity index (χ2v) is 4.57. The molecule has 2 heterocycles. The van der Waals surface area contributed by atoms with Crippen LogP contribution < -0.4 is 10.6 Å². The van der Waals surface area contributed by atoms with Gasteiger partial charge < -0.3 is 20.4 Å². The number of nitrogens with one attached hydrogen (secondary N) is 2. The molecule has 0 amide bonds. The molecule has 0 radical (unpaired) electrons. The van der Waals surface area contributed by atoms with Crippen LogP contribution in [0.25, 0.3) is 0 Å². The van der Waals surface area contributed by atoms with Crippen molar-refractivity contribution in [3.05, 3.63) is 18.3 Å². The van der Waals surface area contributed by atoms with Crippen LogP contribution in [-0.2, 0) is 9.09 Å². The molecule has 88 valence electrons. The van der Waals surface area contributed by atoms with Crippen LogP contribution in [0.1, 0.15) is 0 Å². The van der Waals surface area contributed by atoms with E-state index in [0.717, 1.165) is 5.69 Å². The molecule has 16 heavy (non-hydrogen) atoms. The molecule has 0 bridgehead atoms. The predicted octanol–water partition coefficient (Wildman–Crippen LogP) is 0.397. The molecule has 2 rings (SSSR count). The highest BCUT2D eigenvalue weighted by atomic mass is 31.2. The van der Waals surface area contributed by atoms with E-state index in [4.69, 9.17) is 9.79 Å². The summed E-state index contributed by atoms with van der Waals surface area (Å²) in [6.45, 7) is 0.610.